The molecule has 0 saturated heterocycles. The summed E-state index contributed by atoms with van der Waals surface area (Å²) in [6.45, 7) is 4.08. The minimum absolute atomic E-state index is 0.0440. The van der Waals surface area contributed by atoms with E-state index >= 15 is 0 Å². The number of carbonyl (C=O) groups excluding carboxylic acids is 1. The van der Waals surface area contributed by atoms with Crippen LogP contribution in [0.4, 0.5) is 0 Å². The molecule has 0 spiro atoms. The molecule has 140 valence electrons. The third kappa shape index (κ3) is 5.26. The van der Waals surface area contributed by atoms with Gasteiger partial charge in [0.05, 0.1) is 6.04 Å². The summed E-state index contributed by atoms with van der Waals surface area (Å²) in [4.78, 5) is 16.6. The topological polar surface area (TPSA) is 68.0 Å². The van der Waals surface area contributed by atoms with Gasteiger partial charge >= 0.3 is 0 Å². The SMILES string of the molecule is CCc1ccc(-c2noc(CCC(=O)NC(C)c3ccc(Br)cc3)n2)cc1. The number of carbonyl (C=O) groups is 1. The maximum Gasteiger partial charge on any atom is 0.227 e. The summed E-state index contributed by atoms with van der Waals surface area (Å²) in [6.07, 6.45) is 1.71. The van der Waals surface area contributed by atoms with E-state index in [9.17, 15) is 4.79 Å². The van der Waals surface area contributed by atoms with E-state index in [2.05, 4.69) is 50.4 Å². The first-order chi connectivity index (χ1) is 13.0. The minimum Gasteiger partial charge on any atom is -0.350 e. The van der Waals surface area contributed by atoms with Gasteiger partial charge in [0.15, 0.2) is 0 Å². The molecule has 5 nitrogen and oxygen atoms in total. The van der Waals surface area contributed by atoms with Crippen LogP contribution in [-0.4, -0.2) is 16.0 Å². The Morgan fingerprint density at radius 2 is 1.85 bits per heavy atom. The third-order valence-corrected chi connectivity index (χ3v) is 4.93. The minimum atomic E-state index is -0.0547. The van der Waals surface area contributed by atoms with Crippen molar-refractivity contribution in [3.8, 4) is 11.4 Å². The second kappa shape index (κ2) is 8.95. The second-order valence-electron chi connectivity index (χ2n) is 6.40. The molecule has 0 bridgehead atoms. The predicted molar refractivity (Wildman–Crippen MR) is 108 cm³/mol. The highest BCUT2D eigenvalue weighted by molar-refractivity contribution is 9.10. The third-order valence-electron chi connectivity index (χ3n) is 4.40. The molecule has 1 amide bonds. The van der Waals surface area contributed by atoms with Crippen molar-refractivity contribution < 1.29 is 9.32 Å². The van der Waals surface area contributed by atoms with E-state index in [-0.39, 0.29) is 11.9 Å². The lowest BCUT2D eigenvalue weighted by molar-refractivity contribution is -0.121. The fourth-order valence-corrected chi connectivity index (χ4v) is 3.00. The van der Waals surface area contributed by atoms with Gasteiger partial charge in [0, 0.05) is 22.9 Å². The number of aryl methyl sites for hydroxylation is 2. The Hall–Kier alpha value is -2.47. The Balaban J connectivity index is 1.53. The molecular weight excluding hydrogens is 406 g/mol. The quantitative estimate of drug-likeness (QED) is 0.583. The number of nitrogens with one attached hydrogen (secondary N) is 1. The van der Waals surface area contributed by atoms with Gasteiger partial charge in [0.2, 0.25) is 17.6 Å². The van der Waals surface area contributed by atoms with Crippen LogP contribution >= 0.6 is 15.9 Å². The Kier molecular flexibility index (Phi) is 6.40. The molecule has 0 saturated carbocycles. The first-order valence-electron chi connectivity index (χ1n) is 9.02. The van der Waals surface area contributed by atoms with Gasteiger partial charge in [0.1, 0.15) is 0 Å². The average molecular weight is 428 g/mol. The highest BCUT2D eigenvalue weighted by Gasteiger charge is 2.13. The van der Waals surface area contributed by atoms with Crippen LogP contribution < -0.4 is 5.32 Å². The number of hydrogen-bond donors (Lipinski definition) is 1. The van der Waals surface area contributed by atoms with Crippen LogP contribution in [0.2, 0.25) is 0 Å². The molecule has 3 rings (SSSR count). The molecule has 0 aliphatic heterocycles. The molecule has 1 atom stereocenters. The monoisotopic (exact) mass is 427 g/mol. The van der Waals surface area contributed by atoms with Crippen molar-refractivity contribution in [1.82, 2.24) is 15.5 Å². The van der Waals surface area contributed by atoms with E-state index in [0.29, 0.717) is 24.6 Å². The van der Waals surface area contributed by atoms with E-state index in [1.54, 1.807) is 0 Å². The standard InChI is InChI=1S/C21H22BrN3O2/c1-3-15-4-6-17(7-5-15)21-24-20(27-25-21)13-12-19(26)23-14(2)16-8-10-18(22)11-9-16/h4-11,14H,3,12-13H2,1-2H3,(H,23,26). The maximum atomic E-state index is 12.2. The maximum absolute atomic E-state index is 12.2. The van der Waals surface area contributed by atoms with Gasteiger partial charge in [-0.25, -0.2) is 0 Å². The normalized spacial score (nSPS) is 12.0. The summed E-state index contributed by atoms with van der Waals surface area (Å²) in [6, 6.07) is 15.9. The molecule has 6 heteroatoms. The summed E-state index contributed by atoms with van der Waals surface area (Å²) in [5.41, 5.74) is 3.23. The smallest absolute Gasteiger partial charge is 0.227 e. The molecule has 0 radical (unpaired) electrons. The van der Waals surface area contributed by atoms with Crippen LogP contribution in [0.15, 0.2) is 57.5 Å². The van der Waals surface area contributed by atoms with Crippen molar-refractivity contribution in [1.29, 1.82) is 0 Å². The van der Waals surface area contributed by atoms with E-state index in [0.717, 1.165) is 22.0 Å². The Labute approximate surface area is 167 Å². The zero-order chi connectivity index (χ0) is 19.2. The number of aromatic nitrogens is 2. The lowest BCUT2D eigenvalue weighted by atomic mass is 10.1. The summed E-state index contributed by atoms with van der Waals surface area (Å²) in [7, 11) is 0. The van der Waals surface area contributed by atoms with Crippen molar-refractivity contribution in [2.75, 3.05) is 0 Å². The molecule has 0 aliphatic carbocycles. The van der Waals surface area contributed by atoms with Crippen LogP contribution in [0.5, 0.6) is 0 Å². The van der Waals surface area contributed by atoms with Crippen LogP contribution in [0.25, 0.3) is 11.4 Å². The van der Waals surface area contributed by atoms with E-state index in [1.165, 1.54) is 5.56 Å². The summed E-state index contributed by atoms with van der Waals surface area (Å²) in [5.74, 6) is 0.977. The zero-order valence-corrected chi connectivity index (χ0v) is 17.0. The molecule has 0 fully saturated rings. The van der Waals surface area contributed by atoms with Crippen molar-refractivity contribution in [3.05, 3.63) is 70.0 Å². The van der Waals surface area contributed by atoms with E-state index in [4.69, 9.17) is 4.52 Å². The fraction of sp³-hybridized carbons (Fsp3) is 0.286. The number of halogens is 1. The predicted octanol–water partition coefficient (Wildman–Crippen LogP) is 4.87. The van der Waals surface area contributed by atoms with Crippen LogP contribution in [0.3, 0.4) is 0 Å². The zero-order valence-electron chi connectivity index (χ0n) is 15.4. The number of benzene rings is 2. The fourth-order valence-electron chi connectivity index (χ4n) is 2.73. The second-order valence-corrected chi connectivity index (χ2v) is 7.32. The van der Waals surface area contributed by atoms with Crippen LogP contribution in [0.1, 0.15) is 43.3 Å². The van der Waals surface area contributed by atoms with Gasteiger partial charge in [-0.2, -0.15) is 4.98 Å². The largest absolute Gasteiger partial charge is 0.350 e. The average Bonchev–Trinajstić information content (AvgIpc) is 3.16. The van der Waals surface area contributed by atoms with Crippen molar-refractivity contribution in [2.45, 2.75) is 39.2 Å². The summed E-state index contributed by atoms with van der Waals surface area (Å²) < 4.78 is 6.30. The van der Waals surface area contributed by atoms with Gasteiger partial charge in [-0.15, -0.1) is 0 Å². The molecule has 1 unspecified atom stereocenters. The highest BCUT2D eigenvalue weighted by atomic mass is 79.9. The van der Waals surface area contributed by atoms with Crippen molar-refractivity contribution in [3.63, 3.8) is 0 Å². The number of nitrogens with zero attached hydrogens (tertiary/aromatic N) is 2. The van der Waals surface area contributed by atoms with E-state index in [1.807, 2.05) is 43.3 Å². The first-order valence-corrected chi connectivity index (χ1v) is 9.81. The molecular formula is C21H22BrN3O2. The molecule has 27 heavy (non-hydrogen) atoms. The number of amides is 1. The molecule has 2 aromatic carbocycles. The van der Waals surface area contributed by atoms with Gasteiger partial charge in [0.25, 0.3) is 0 Å². The van der Waals surface area contributed by atoms with E-state index < -0.39 is 0 Å². The molecule has 3 aromatic rings. The number of hydrogen-bond acceptors (Lipinski definition) is 4. The van der Waals surface area contributed by atoms with Crippen molar-refractivity contribution in [2.24, 2.45) is 0 Å². The van der Waals surface area contributed by atoms with Gasteiger partial charge in [-0.3, -0.25) is 4.79 Å². The van der Waals surface area contributed by atoms with Crippen molar-refractivity contribution >= 4 is 21.8 Å². The first kappa shape index (κ1) is 19.3. The number of rotatable bonds is 7. The lowest BCUT2D eigenvalue weighted by Crippen LogP contribution is -2.26. The van der Waals surface area contributed by atoms with Crippen LogP contribution in [-0.2, 0) is 17.6 Å². The van der Waals surface area contributed by atoms with Gasteiger partial charge in [-0.1, -0.05) is 64.4 Å². The summed E-state index contributed by atoms with van der Waals surface area (Å²) in [5, 5.41) is 7.01. The molecule has 1 aromatic heterocycles. The Morgan fingerprint density at radius 3 is 2.52 bits per heavy atom. The molecule has 0 aliphatic rings. The lowest BCUT2D eigenvalue weighted by Gasteiger charge is -2.14. The van der Waals surface area contributed by atoms with Crippen LogP contribution in [0, 0.1) is 0 Å². The molecule has 1 N–H and O–H groups in total. The highest BCUT2D eigenvalue weighted by Crippen LogP contribution is 2.18. The Bertz CT molecular complexity index is 889. The Morgan fingerprint density at radius 1 is 1.15 bits per heavy atom. The van der Waals surface area contributed by atoms with Gasteiger partial charge < -0.3 is 9.84 Å². The summed E-state index contributed by atoms with van der Waals surface area (Å²) >= 11 is 3.41. The van der Waals surface area contributed by atoms with Gasteiger partial charge in [-0.05, 0) is 36.6 Å². The molecule has 1 heterocycles.